The Morgan fingerprint density at radius 3 is 2.16 bits per heavy atom. The molecule has 0 aliphatic carbocycles. The topological polar surface area (TPSA) is 46.2 Å². The monoisotopic (exact) mass is 310 g/mol. The van der Waals surface area contributed by atoms with Crippen LogP contribution in [0.4, 0.5) is 0 Å². The highest BCUT2D eigenvalue weighted by atomic mass is 28.4. The van der Waals surface area contributed by atoms with Gasteiger partial charge in [-0.25, -0.2) is 0 Å². The normalized spacial score (nSPS) is 14.7. The molecule has 7 heteroatoms. The molecule has 19 heavy (non-hydrogen) atoms. The standard InChI is InChI=1S/C12H30O5Si2/c1-12(15-9-8-13-2)10-14-11-16-19(6,7)17-18(3,4)5/h12H,8-11H2,1-7H3. The molecule has 0 saturated heterocycles. The molecule has 0 saturated carbocycles. The van der Waals surface area contributed by atoms with E-state index in [0.29, 0.717) is 19.8 Å². The van der Waals surface area contributed by atoms with E-state index in [2.05, 4.69) is 19.6 Å². The summed E-state index contributed by atoms with van der Waals surface area (Å²) in [7, 11) is -1.96. The maximum Gasteiger partial charge on any atom is 0.323 e. The molecular formula is C12H30O5Si2. The summed E-state index contributed by atoms with van der Waals surface area (Å²) in [6.45, 7) is 14.5. The van der Waals surface area contributed by atoms with Crippen molar-refractivity contribution in [2.45, 2.75) is 45.8 Å². The molecule has 0 aliphatic heterocycles. The van der Waals surface area contributed by atoms with E-state index in [-0.39, 0.29) is 12.9 Å². The van der Waals surface area contributed by atoms with Crippen LogP contribution in [0.15, 0.2) is 0 Å². The van der Waals surface area contributed by atoms with Gasteiger partial charge in [0.05, 0.1) is 25.9 Å². The second-order valence-corrected chi connectivity index (χ2v) is 14.1. The number of rotatable bonds is 11. The lowest BCUT2D eigenvalue weighted by molar-refractivity contribution is -0.0637. The molecule has 0 rings (SSSR count). The number of hydrogen-bond donors (Lipinski definition) is 0. The molecule has 0 amide bonds. The molecule has 0 aromatic rings. The third-order valence-electron chi connectivity index (χ3n) is 2.08. The smallest absolute Gasteiger partial charge is 0.323 e. The van der Waals surface area contributed by atoms with Gasteiger partial charge in [0.15, 0.2) is 8.32 Å². The Hall–Kier alpha value is 0.234. The average molecular weight is 311 g/mol. The van der Waals surface area contributed by atoms with Gasteiger partial charge in [0, 0.05) is 7.11 Å². The van der Waals surface area contributed by atoms with E-state index in [0.717, 1.165) is 0 Å². The Bertz CT molecular complexity index is 231. The Morgan fingerprint density at radius 2 is 1.63 bits per heavy atom. The molecule has 0 aromatic heterocycles. The van der Waals surface area contributed by atoms with E-state index in [4.69, 9.17) is 22.8 Å². The van der Waals surface area contributed by atoms with Crippen molar-refractivity contribution in [2.75, 3.05) is 33.7 Å². The van der Waals surface area contributed by atoms with E-state index < -0.39 is 16.9 Å². The van der Waals surface area contributed by atoms with E-state index in [1.54, 1.807) is 7.11 Å². The molecule has 0 radical (unpaired) electrons. The van der Waals surface area contributed by atoms with Crippen LogP contribution in [0.1, 0.15) is 6.92 Å². The van der Waals surface area contributed by atoms with Crippen molar-refractivity contribution < 1.29 is 22.8 Å². The number of hydrogen-bond acceptors (Lipinski definition) is 5. The maximum absolute atomic E-state index is 6.04. The fourth-order valence-electron chi connectivity index (χ4n) is 1.55. The van der Waals surface area contributed by atoms with E-state index in [9.17, 15) is 0 Å². The van der Waals surface area contributed by atoms with Crippen LogP contribution in [0.3, 0.4) is 0 Å². The van der Waals surface area contributed by atoms with Crippen molar-refractivity contribution in [3.05, 3.63) is 0 Å². The van der Waals surface area contributed by atoms with Crippen LogP contribution in [-0.2, 0) is 22.8 Å². The van der Waals surface area contributed by atoms with E-state index in [1.165, 1.54) is 0 Å². The number of methoxy groups -OCH3 is 1. The van der Waals surface area contributed by atoms with Crippen molar-refractivity contribution in [3.8, 4) is 0 Å². The second kappa shape index (κ2) is 9.22. The zero-order valence-electron chi connectivity index (χ0n) is 13.4. The molecule has 0 aliphatic rings. The molecule has 116 valence electrons. The molecule has 0 bridgehead atoms. The van der Waals surface area contributed by atoms with Gasteiger partial charge < -0.3 is 22.8 Å². The minimum atomic E-state index is -2.07. The van der Waals surface area contributed by atoms with Crippen LogP contribution in [0.25, 0.3) is 0 Å². The zero-order valence-corrected chi connectivity index (χ0v) is 15.4. The molecule has 5 nitrogen and oxygen atoms in total. The lowest BCUT2D eigenvalue weighted by atomic mass is 10.4. The zero-order chi connectivity index (χ0) is 14.9. The highest BCUT2D eigenvalue weighted by molar-refractivity contribution is 6.81. The fourth-order valence-corrected chi connectivity index (χ4v) is 8.05. The van der Waals surface area contributed by atoms with Crippen molar-refractivity contribution >= 4 is 16.9 Å². The SMILES string of the molecule is COCCOC(C)COCO[Si](C)(C)O[Si](C)(C)C. The lowest BCUT2D eigenvalue weighted by Gasteiger charge is -2.30. The second-order valence-electron chi connectivity index (χ2n) is 5.92. The first kappa shape index (κ1) is 19.2. The van der Waals surface area contributed by atoms with Gasteiger partial charge in [-0.2, -0.15) is 0 Å². The van der Waals surface area contributed by atoms with Crippen LogP contribution in [0, 0.1) is 0 Å². The van der Waals surface area contributed by atoms with Crippen molar-refractivity contribution in [1.29, 1.82) is 0 Å². The van der Waals surface area contributed by atoms with Crippen LogP contribution in [0.5, 0.6) is 0 Å². The van der Waals surface area contributed by atoms with Gasteiger partial charge in [0.1, 0.15) is 6.79 Å². The van der Waals surface area contributed by atoms with E-state index >= 15 is 0 Å². The van der Waals surface area contributed by atoms with Gasteiger partial charge in [-0.15, -0.1) is 0 Å². The Morgan fingerprint density at radius 1 is 1.00 bits per heavy atom. The van der Waals surface area contributed by atoms with Crippen LogP contribution in [0.2, 0.25) is 32.7 Å². The third kappa shape index (κ3) is 13.0. The average Bonchev–Trinajstić information content (AvgIpc) is 2.21. The highest BCUT2D eigenvalue weighted by Gasteiger charge is 2.31. The van der Waals surface area contributed by atoms with Gasteiger partial charge in [-0.05, 0) is 39.7 Å². The number of ether oxygens (including phenoxy) is 3. The first-order valence-corrected chi connectivity index (χ1v) is 12.9. The minimum absolute atomic E-state index is 0.0430. The predicted octanol–water partition coefficient (Wildman–Crippen LogP) is 2.58. The summed E-state index contributed by atoms with van der Waals surface area (Å²) < 4.78 is 27.6. The van der Waals surface area contributed by atoms with Crippen molar-refractivity contribution in [3.63, 3.8) is 0 Å². The Balaban J connectivity index is 3.67. The van der Waals surface area contributed by atoms with Gasteiger partial charge in [0.25, 0.3) is 0 Å². The first-order valence-electron chi connectivity index (χ1n) is 6.69. The Labute approximate surface area is 119 Å². The van der Waals surface area contributed by atoms with Gasteiger partial charge in [0.2, 0.25) is 0 Å². The highest BCUT2D eigenvalue weighted by Crippen LogP contribution is 2.15. The van der Waals surface area contributed by atoms with Crippen LogP contribution >= 0.6 is 0 Å². The lowest BCUT2D eigenvalue weighted by Crippen LogP contribution is -2.45. The van der Waals surface area contributed by atoms with Crippen molar-refractivity contribution in [2.24, 2.45) is 0 Å². The summed E-state index contributed by atoms with van der Waals surface area (Å²) in [6.07, 6.45) is 0.0430. The third-order valence-corrected chi connectivity index (χ3v) is 7.31. The summed E-state index contributed by atoms with van der Waals surface area (Å²) in [5, 5.41) is 0. The van der Waals surface area contributed by atoms with Crippen molar-refractivity contribution in [1.82, 2.24) is 0 Å². The molecular weight excluding hydrogens is 280 g/mol. The summed E-state index contributed by atoms with van der Waals surface area (Å²) >= 11 is 0. The largest absolute Gasteiger partial charge is 0.436 e. The summed E-state index contributed by atoms with van der Waals surface area (Å²) in [5.74, 6) is 0. The van der Waals surface area contributed by atoms with Gasteiger partial charge in [-0.3, -0.25) is 0 Å². The van der Waals surface area contributed by atoms with Gasteiger partial charge in [-0.1, -0.05) is 0 Å². The summed E-state index contributed by atoms with van der Waals surface area (Å²) in [5.41, 5.74) is 0. The first-order chi connectivity index (χ1) is 8.66. The quantitative estimate of drug-likeness (QED) is 0.333. The molecule has 1 unspecified atom stereocenters. The molecule has 0 aromatic carbocycles. The molecule has 1 atom stereocenters. The fraction of sp³-hybridized carbons (Fsp3) is 1.00. The van der Waals surface area contributed by atoms with Crippen LogP contribution < -0.4 is 0 Å². The summed E-state index contributed by atoms with van der Waals surface area (Å²) in [6, 6.07) is 0. The van der Waals surface area contributed by atoms with Crippen LogP contribution in [-0.4, -0.2) is 56.7 Å². The predicted molar refractivity (Wildman–Crippen MR) is 81.1 cm³/mol. The summed E-state index contributed by atoms with van der Waals surface area (Å²) in [4.78, 5) is 0. The molecule has 0 heterocycles. The molecule has 0 N–H and O–H groups in total. The van der Waals surface area contributed by atoms with Gasteiger partial charge >= 0.3 is 8.56 Å². The minimum Gasteiger partial charge on any atom is -0.436 e. The molecule has 0 fully saturated rings. The Kier molecular flexibility index (Phi) is 9.33. The molecule has 0 spiro atoms. The maximum atomic E-state index is 6.04. The van der Waals surface area contributed by atoms with E-state index in [1.807, 2.05) is 20.0 Å².